The van der Waals surface area contributed by atoms with Gasteiger partial charge in [-0.05, 0) is 24.1 Å². The number of hydrogen-bond donors (Lipinski definition) is 0. The Kier molecular flexibility index (Phi) is 1.93. The molecule has 1 aliphatic heterocycles. The topological polar surface area (TPSA) is 29.4 Å². The third kappa shape index (κ3) is 1.49. The summed E-state index contributed by atoms with van der Waals surface area (Å²) < 4.78 is 12.8. The molecule has 0 aliphatic carbocycles. The van der Waals surface area contributed by atoms with Crippen LogP contribution in [0, 0.1) is 5.82 Å². The second kappa shape index (κ2) is 3.09. The Hall–Kier alpha value is -1.51. The van der Waals surface area contributed by atoms with E-state index in [2.05, 4.69) is 4.99 Å². The first-order valence-electron chi connectivity index (χ1n) is 4.09. The maximum absolute atomic E-state index is 12.8. The van der Waals surface area contributed by atoms with Gasteiger partial charge in [-0.1, -0.05) is 12.1 Å². The molecule has 13 heavy (non-hydrogen) atoms. The van der Waals surface area contributed by atoms with Crippen molar-refractivity contribution in [3.63, 3.8) is 0 Å². The minimum Gasteiger partial charge on any atom is -0.272 e. The zero-order valence-electron chi connectivity index (χ0n) is 6.90. The number of halogens is 1. The van der Waals surface area contributed by atoms with E-state index in [1.807, 2.05) is 0 Å². The van der Waals surface area contributed by atoms with Crippen LogP contribution in [0.1, 0.15) is 17.9 Å². The third-order valence-corrected chi connectivity index (χ3v) is 2.11. The van der Waals surface area contributed by atoms with E-state index in [0.717, 1.165) is 0 Å². The molecule has 0 bridgehead atoms. The fourth-order valence-corrected chi connectivity index (χ4v) is 1.44. The molecule has 0 fully saturated rings. The highest BCUT2D eigenvalue weighted by Crippen LogP contribution is 2.24. The molecule has 1 atom stereocenters. The Balaban J connectivity index is 2.31. The predicted molar refractivity (Wildman–Crippen MR) is 47.3 cm³/mol. The molecule has 0 saturated heterocycles. The minimum absolute atomic E-state index is 0.175. The second-order valence-corrected chi connectivity index (χ2v) is 2.99. The average molecular weight is 177 g/mol. The molecule has 0 unspecified atom stereocenters. The number of aliphatic imine (C=N–C) groups is 1. The van der Waals surface area contributed by atoms with Crippen molar-refractivity contribution in [3.05, 3.63) is 35.6 Å². The third-order valence-electron chi connectivity index (χ3n) is 2.11. The van der Waals surface area contributed by atoms with Crippen LogP contribution in [0.4, 0.5) is 4.39 Å². The largest absolute Gasteiger partial charge is 0.272 e. The number of amides is 1. The van der Waals surface area contributed by atoms with Gasteiger partial charge in [-0.3, -0.25) is 4.79 Å². The number of nitrogens with zero attached hydrogens (tertiary/aromatic N) is 1. The van der Waals surface area contributed by atoms with Crippen molar-refractivity contribution in [3.8, 4) is 0 Å². The summed E-state index contributed by atoms with van der Waals surface area (Å²) in [5, 5.41) is 0. The molecular formula is C10H8FNO. The molecule has 1 aromatic carbocycles. The molecule has 2 nitrogen and oxygen atoms in total. The zero-order chi connectivity index (χ0) is 9.26. The molecule has 2 rings (SSSR count). The summed E-state index contributed by atoms with van der Waals surface area (Å²) in [6, 6.07) is 6.11. The van der Waals surface area contributed by atoms with Crippen LogP contribution in [0.25, 0.3) is 0 Å². The van der Waals surface area contributed by atoms with Crippen molar-refractivity contribution < 1.29 is 9.18 Å². The van der Waals surface area contributed by atoms with Gasteiger partial charge in [0.15, 0.2) is 0 Å². The fraction of sp³-hybridized carbons (Fsp3) is 0.200. The molecule has 0 radical (unpaired) electrons. The Morgan fingerprint density at radius 2 is 2.31 bits per heavy atom. The maximum atomic E-state index is 12.8. The molecule has 0 saturated carbocycles. The van der Waals surface area contributed by atoms with Crippen LogP contribution >= 0.6 is 0 Å². The van der Waals surface area contributed by atoms with E-state index in [-0.39, 0.29) is 17.6 Å². The molecule has 0 aromatic heterocycles. The smallest absolute Gasteiger partial charge is 0.253 e. The van der Waals surface area contributed by atoms with E-state index in [9.17, 15) is 9.18 Å². The SMILES string of the molecule is O=C1N=CC[C@@H]1c1cccc(F)c1. The van der Waals surface area contributed by atoms with Crippen molar-refractivity contribution in [1.82, 2.24) is 0 Å². The molecule has 3 heteroatoms. The summed E-state index contributed by atoms with van der Waals surface area (Å²) in [6.45, 7) is 0. The highest BCUT2D eigenvalue weighted by atomic mass is 19.1. The summed E-state index contributed by atoms with van der Waals surface area (Å²) in [4.78, 5) is 14.8. The molecule has 66 valence electrons. The number of benzene rings is 1. The Labute approximate surface area is 75.1 Å². The summed E-state index contributed by atoms with van der Waals surface area (Å²) in [7, 11) is 0. The molecular weight excluding hydrogens is 169 g/mol. The molecule has 1 aromatic rings. The van der Waals surface area contributed by atoms with E-state index in [1.165, 1.54) is 12.1 Å². The van der Waals surface area contributed by atoms with Gasteiger partial charge in [0.05, 0.1) is 5.92 Å². The highest BCUT2D eigenvalue weighted by molar-refractivity contribution is 5.97. The monoisotopic (exact) mass is 177 g/mol. The predicted octanol–water partition coefficient (Wildman–Crippen LogP) is 1.91. The summed E-state index contributed by atoms with van der Waals surface area (Å²) in [5.74, 6) is -0.751. The molecule has 1 aliphatic rings. The lowest BCUT2D eigenvalue weighted by molar-refractivity contribution is -0.118. The zero-order valence-corrected chi connectivity index (χ0v) is 6.90. The van der Waals surface area contributed by atoms with Crippen LogP contribution in [-0.4, -0.2) is 12.1 Å². The van der Waals surface area contributed by atoms with E-state index in [1.54, 1.807) is 18.3 Å². The lowest BCUT2D eigenvalue weighted by Gasteiger charge is -2.05. The molecule has 1 heterocycles. The van der Waals surface area contributed by atoms with Gasteiger partial charge >= 0.3 is 0 Å². The fourth-order valence-electron chi connectivity index (χ4n) is 1.44. The van der Waals surface area contributed by atoms with Gasteiger partial charge in [0, 0.05) is 6.21 Å². The van der Waals surface area contributed by atoms with Crippen molar-refractivity contribution in [2.75, 3.05) is 0 Å². The number of hydrogen-bond acceptors (Lipinski definition) is 1. The lowest BCUT2D eigenvalue weighted by atomic mass is 9.97. The van der Waals surface area contributed by atoms with Gasteiger partial charge in [-0.2, -0.15) is 0 Å². The first kappa shape index (κ1) is 8.10. The van der Waals surface area contributed by atoms with Gasteiger partial charge in [-0.25, -0.2) is 9.38 Å². The Bertz CT molecular complexity index is 373. The molecule has 0 N–H and O–H groups in total. The van der Waals surface area contributed by atoms with Gasteiger partial charge in [0.25, 0.3) is 5.91 Å². The van der Waals surface area contributed by atoms with Crippen LogP contribution < -0.4 is 0 Å². The van der Waals surface area contributed by atoms with Crippen LogP contribution in [0.15, 0.2) is 29.3 Å². The molecule has 1 amide bonds. The van der Waals surface area contributed by atoms with Crippen molar-refractivity contribution in [1.29, 1.82) is 0 Å². The van der Waals surface area contributed by atoms with Gasteiger partial charge in [-0.15, -0.1) is 0 Å². The van der Waals surface area contributed by atoms with E-state index < -0.39 is 0 Å². The normalized spacial score (nSPS) is 21.0. The van der Waals surface area contributed by atoms with Crippen LogP contribution in [0.2, 0.25) is 0 Å². The average Bonchev–Trinajstić information content (AvgIpc) is 2.51. The lowest BCUT2D eigenvalue weighted by Crippen LogP contribution is -2.04. The summed E-state index contributed by atoms with van der Waals surface area (Å²) in [6.07, 6.45) is 2.17. The van der Waals surface area contributed by atoms with Gasteiger partial charge in [0.2, 0.25) is 0 Å². The quantitative estimate of drug-likeness (QED) is 0.644. The summed E-state index contributed by atoms with van der Waals surface area (Å²) >= 11 is 0. The highest BCUT2D eigenvalue weighted by Gasteiger charge is 2.23. The van der Waals surface area contributed by atoms with Gasteiger partial charge in [0.1, 0.15) is 5.82 Å². The number of carbonyl (C=O) groups excluding carboxylic acids is 1. The standard InChI is InChI=1S/C10H8FNO/c11-8-3-1-2-7(6-8)9-4-5-12-10(9)13/h1-3,5-6,9H,4H2/t9-/m1/s1. The summed E-state index contributed by atoms with van der Waals surface area (Å²) in [5.41, 5.74) is 0.711. The van der Waals surface area contributed by atoms with Crippen molar-refractivity contribution in [2.24, 2.45) is 4.99 Å². The molecule has 0 spiro atoms. The van der Waals surface area contributed by atoms with Gasteiger partial charge < -0.3 is 0 Å². The second-order valence-electron chi connectivity index (χ2n) is 2.99. The minimum atomic E-state index is -0.308. The van der Waals surface area contributed by atoms with E-state index in [0.29, 0.717) is 12.0 Å². The Morgan fingerprint density at radius 3 is 2.92 bits per heavy atom. The maximum Gasteiger partial charge on any atom is 0.253 e. The van der Waals surface area contributed by atoms with Crippen LogP contribution in [0.5, 0.6) is 0 Å². The van der Waals surface area contributed by atoms with E-state index in [4.69, 9.17) is 0 Å². The first-order chi connectivity index (χ1) is 6.27. The van der Waals surface area contributed by atoms with Crippen molar-refractivity contribution in [2.45, 2.75) is 12.3 Å². The van der Waals surface area contributed by atoms with E-state index >= 15 is 0 Å². The first-order valence-corrected chi connectivity index (χ1v) is 4.09. The number of carbonyl (C=O) groups is 1. The van der Waals surface area contributed by atoms with Crippen LogP contribution in [-0.2, 0) is 4.79 Å². The number of rotatable bonds is 1. The van der Waals surface area contributed by atoms with Crippen molar-refractivity contribution >= 4 is 12.1 Å². The van der Waals surface area contributed by atoms with Crippen LogP contribution in [0.3, 0.4) is 0 Å². The Morgan fingerprint density at radius 1 is 1.46 bits per heavy atom.